The minimum atomic E-state index is -1.96. The van der Waals surface area contributed by atoms with Crippen LogP contribution in [0.25, 0.3) is 11.1 Å². The number of likely N-dealkylation sites (N-methyl/N-ethyl adjacent to an activating group) is 4. The van der Waals surface area contributed by atoms with Gasteiger partial charge in [0.1, 0.15) is 41.0 Å². The van der Waals surface area contributed by atoms with E-state index in [9.17, 15) is 24.3 Å². The number of Topliss-reactive ketones (excluding diaryl/α,β-unsaturated/α-hetero) is 2. The number of nitrogens with one attached hydrogen (secondary N) is 1. The van der Waals surface area contributed by atoms with Gasteiger partial charge in [-0.05, 0) is 167 Å². The van der Waals surface area contributed by atoms with E-state index in [2.05, 4.69) is 20.1 Å². The summed E-state index contributed by atoms with van der Waals surface area (Å²) in [4.78, 5) is 186. The van der Waals surface area contributed by atoms with Crippen LogP contribution in [0.1, 0.15) is 208 Å². The summed E-state index contributed by atoms with van der Waals surface area (Å²) in [6, 6.07) is 16.9. The Hall–Kier alpha value is -9.55. The van der Waals surface area contributed by atoms with Crippen molar-refractivity contribution in [3.8, 4) is 11.1 Å². The summed E-state index contributed by atoms with van der Waals surface area (Å²) in [5, 5.41) is 14.8. The van der Waals surface area contributed by atoms with Crippen molar-refractivity contribution in [2.75, 3.05) is 96.9 Å². The molecule has 0 saturated carbocycles. The number of carbonyl (C=O) groups is 11. The van der Waals surface area contributed by atoms with Crippen molar-refractivity contribution in [1.82, 2.24) is 49.6 Å². The maximum atomic E-state index is 15.9. The van der Waals surface area contributed by atoms with Gasteiger partial charge in [0, 0.05) is 154 Å². The second-order valence-electron chi connectivity index (χ2n) is 39.8. The monoisotopic (exact) mass is 1750 g/mol. The van der Waals surface area contributed by atoms with Gasteiger partial charge in [-0.3, -0.25) is 38.4 Å². The van der Waals surface area contributed by atoms with E-state index in [0.29, 0.717) is 69.7 Å². The number of hydrogen-bond donors (Lipinski definition) is 2. The van der Waals surface area contributed by atoms with Crippen LogP contribution in [0.5, 0.6) is 0 Å². The van der Waals surface area contributed by atoms with E-state index < -0.39 is 143 Å². The Labute approximate surface area is 748 Å². The van der Waals surface area contributed by atoms with Gasteiger partial charge in [-0.25, -0.2) is 24.4 Å². The fraction of sp³-hybridized carbons (Fsp3) is 0.656. The van der Waals surface area contributed by atoms with Crippen molar-refractivity contribution < 1.29 is 81.4 Å². The number of benzene rings is 2. The quantitative estimate of drug-likeness (QED) is 0.0563. The number of ketones is 2. The summed E-state index contributed by atoms with van der Waals surface area (Å²) in [7, 11) is 5.41. The first kappa shape index (κ1) is 102. The summed E-state index contributed by atoms with van der Waals surface area (Å²) < 4.78 is 29.4. The number of anilines is 2. The minimum absolute atomic E-state index is 0.0372. The van der Waals surface area contributed by atoms with Gasteiger partial charge < -0.3 is 78.0 Å². The third-order valence-corrected chi connectivity index (χ3v) is 25.4. The number of pyridine rings is 2. The zero-order valence-electron chi connectivity index (χ0n) is 79.9. The highest BCUT2D eigenvalue weighted by atomic mass is 16.7. The molecule has 0 radical (unpaired) electrons. The van der Waals surface area contributed by atoms with Crippen LogP contribution in [0.4, 0.5) is 21.2 Å². The number of aliphatic hydroxyl groups is 1. The fourth-order valence-electron chi connectivity index (χ4n) is 17.3. The predicted octanol–water partition coefficient (Wildman–Crippen LogP) is 11.1. The Balaban J connectivity index is 0.000000589. The molecule has 2 aromatic heterocycles. The Morgan fingerprint density at radius 1 is 0.556 bits per heavy atom. The lowest BCUT2D eigenvalue weighted by molar-refractivity contribution is -0.178. The molecule has 7 heterocycles. The lowest BCUT2D eigenvalue weighted by atomic mass is 9.80. The Bertz CT molecular complexity index is 4380. The van der Waals surface area contributed by atoms with Gasteiger partial charge in [-0.2, -0.15) is 0 Å². The highest BCUT2D eigenvalue weighted by Gasteiger charge is 2.53. The molecule has 0 spiro atoms. The molecule has 30 heteroatoms. The standard InChI is InChI=1S/C76H113N9O13.C20H32BN3O4/c1-20-49(9)56-44-60(86)58-31-26-34-85(58)71(92)59(42-52-29-25-30-53(40-52)54-32-33-62(77-45-54)83-35-37-84(38-36-83)74(95)98-75(11,12)13)79(16)70(91)57(41-51-27-23-22-24-28-51)78-67(88)64(48(7)8)81(18)72(93)65(50(10)21-2)97-73(94)66(76(14,15)96)82(19)68(89)55(39-46(3)4)43-61(87)63(47(5)6)80(17)69(56)90;1-18(2,3)26-17(25)24-12-10-23(11-13-24)16-9-8-15(14-22-16)21-27-19(4,5)20(6,7)28-21/h22-25,27-30,32-33,40,45-50,55-59,63-66,96H,20-21,26,31,34-39,41-44H2,1-19H3,(H,78,88);8-9,14H,10-13H2,1-7H3/t49?,50?,55-,56+,57?,58?,59?,63+,64+,65-,66-;/m1./s1. The molecule has 8 amide bonds. The van der Waals surface area contributed by atoms with Gasteiger partial charge in [0.15, 0.2) is 23.7 Å². The van der Waals surface area contributed by atoms with E-state index in [1.807, 2.05) is 170 Å². The Morgan fingerprint density at radius 2 is 1.08 bits per heavy atom. The molecule has 0 aliphatic carbocycles. The molecule has 5 aliphatic rings. The van der Waals surface area contributed by atoms with Crippen LogP contribution in [-0.4, -0.2) is 279 Å². The number of rotatable bonds is 17. The normalized spacial score (nSPS) is 24.2. The summed E-state index contributed by atoms with van der Waals surface area (Å²) in [5.41, 5.74) is 0.0177. The zero-order chi connectivity index (χ0) is 93.7. The highest BCUT2D eigenvalue weighted by Crippen LogP contribution is 2.38. The number of nitrogens with zero attached hydrogens (tertiary/aromatic N) is 11. The van der Waals surface area contributed by atoms with E-state index in [1.165, 1.54) is 54.6 Å². The SMILES string of the molecule is CC(C)(C)OC(=O)N1CCN(c2ccc(B3OC(C)(C)C(C)(C)O3)cn2)CC1.CCC(C)[C@@H]1CC(=O)C2CCCN2C(=O)C(Cc2cccc(-c3ccc(N4CCN(C(=O)OC(C)(C)C)CC4)nc3)c2)N(C)C(=O)C(Cc2ccccc2)NC(=O)[C@H](C(C)C)N(C)C(=O)[C@@H](C(C)CC)OC(=O)[C@H](C(C)(C)O)N(C)C(=O)[C@H](CC(C)C)CC(=O)[C@H](C(C)C)N(C)C1=O. The number of ether oxygens (including phenoxy) is 3. The van der Waals surface area contributed by atoms with Gasteiger partial charge in [0.25, 0.3) is 5.91 Å². The van der Waals surface area contributed by atoms with Crippen LogP contribution >= 0.6 is 0 Å². The van der Waals surface area contributed by atoms with Crippen molar-refractivity contribution in [2.45, 2.75) is 280 Å². The molecule has 29 nitrogen and oxygen atoms in total. The fourth-order valence-corrected chi connectivity index (χ4v) is 17.3. The van der Waals surface area contributed by atoms with Gasteiger partial charge in [-0.15, -0.1) is 0 Å². The maximum Gasteiger partial charge on any atom is 0.496 e. The number of aromatic nitrogens is 2. The first-order chi connectivity index (χ1) is 58.8. The highest BCUT2D eigenvalue weighted by molar-refractivity contribution is 6.62. The molecule has 2 aromatic carbocycles. The van der Waals surface area contributed by atoms with Crippen LogP contribution in [0.3, 0.4) is 0 Å². The van der Waals surface area contributed by atoms with Crippen molar-refractivity contribution in [2.24, 2.45) is 41.4 Å². The van der Waals surface area contributed by atoms with Crippen LogP contribution in [0.2, 0.25) is 0 Å². The number of piperazine rings is 2. The molecule has 126 heavy (non-hydrogen) atoms. The van der Waals surface area contributed by atoms with E-state index in [4.69, 9.17) is 28.5 Å². The number of amides is 8. The van der Waals surface area contributed by atoms with Crippen molar-refractivity contribution >= 4 is 89.4 Å². The number of cyclic esters (lactones) is 1. The molecule has 2 N–H and O–H groups in total. The lowest BCUT2D eigenvalue weighted by Crippen LogP contribution is -2.61. The summed E-state index contributed by atoms with van der Waals surface area (Å²) in [5.74, 6) is -8.14. The molecular formula is C96H145BN12O17. The summed E-state index contributed by atoms with van der Waals surface area (Å²) in [6.45, 7) is 45.1. The molecule has 5 saturated heterocycles. The molecule has 0 bridgehead atoms. The van der Waals surface area contributed by atoms with Crippen LogP contribution in [-0.2, 0) is 79.5 Å². The van der Waals surface area contributed by atoms with E-state index in [-0.39, 0.29) is 86.1 Å². The van der Waals surface area contributed by atoms with Crippen molar-refractivity contribution in [3.05, 3.63) is 102 Å². The zero-order valence-corrected chi connectivity index (χ0v) is 79.9. The molecular weight excluding hydrogens is 1600 g/mol. The van der Waals surface area contributed by atoms with Crippen molar-refractivity contribution in [1.29, 1.82) is 0 Å². The number of fused-ring (bicyclic) bond motifs is 1. The second-order valence-corrected chi connectivity index (χ2v) is 39.8. The van der Waals surface area contributed by atoms with Gasteiger partial charge in [0.2, 0.25) is 29.5 Å². The van der Waals surface area contributed by atoms with E-state index >= 15 is 33.6 Å². The number of esters is 1. The van der Waals surface area contributed by atoms with Gasteiger partial charge >= 0.3 is 25.3 Å². The van der Waals surface area contributed by atoms with E-state index in [0.717, 1.165) is 46.2 Å². The summed E-state index contributed by atoms with van der Waals surface area (Å²) >= 11 is 0. The largest absolute Gasteiger partial charge is 0.496 e. The number of hydrogen-bond acceptors (Lipinski definition) is 21. The van der Waals surface area contributed by atoms with Crippen molar-refractivity contribution in [3.63, 3.8) is 0 Å². The molecule has 694 valence electrons. The average Bonchev–Trinajstić information content (AvgIpc) is 1.62. The molecule has 5 aliphatic heterocycles. The first-order valence-corrected chi connectivity index (χ1v) is 45.3. The smallest absolute Gasteiger partial charge is 0.450 e. The average molecular weight is 1750 g/mol. The lowest BCUT2D eigenvalue weighted by Gasteiger charge is -2.39. The topological polar surface area (TPSA) is 321 Å². The Kier molecular flexibility index (Phi) is 34.8. The third-order valence-electron chi connectivity index (χ3n) is 25.4. The minimum Gasteiger partial charge on any atom is -0.450 e. The molecule has 11 atom stereocenters. The van der Waals surface area contributed by atoms with E-state index in [1.54, 1.807) is 76.7 Å². The maximum absolute atomic E-state index is 15.9. The summed E-state index contributed by atoms with van der Waals surface area (Å²) in [6.07, 6.45) is 2.51. The molecule has 5 fully saturated rings. The van der Waals surface area contributed by atoms with Gasteiger partial charge in [0.05, 0.1) is 28.9 Å². The molecule has 9 rings (SSSR count). The predicted molar refractivity (Wildman–Crippen MR) is 487 cm³/mol. The second kappa shape index (κ2) is 43.0. The van der Waals surface area contributed by atoms with Crippen LogP contribution in [0, 0.1) is 41.4 Å². The first-order valence-electron chi connectivity index (χ1n) is 45.3. The van der Waals surface area contributed by atoms with Crippen LogP contribution in [0.15, 0.2) is 91.3 Å². The van der Waals surface area contributed by atoms with Crippen LogP contribution < -0.4 is 20.6 Å². The Morgan fingerprint density at radius 3 is 1.56 bits per heavy atom. The van der Waals surface area contributed by atoms with Gasteiger partial charge in [-0.1, -0.05) is 136 Å². The number of carbonyl (C=O) groups excluding carboxylic acids is 11. The third kappa shape index (κ3) is 26.1. The molecule has 5 unspecified atom stereocenters. The molecule has 4 aromatic rings.